The summed E-state index contributed by atoms with van der Waals surface area (Å²) in [5.74, 6) is -1.06. The number of carbonyl (C=O) groups excluding carboxylic acids is 1. The molecule has 1 amide bonds. The minimum Gasteiger partial charge on any atom is -0.507 e. The summed E-state index contributed by atoms with van der Waals surface area (Å²) in [5, 5.41) is 37.2. The number of aliphatic hydroxyl groups is 1. The van der Waals surface area contributed by atoms with E-state index in [2.05, 4.69) is 22.2 Å². The second-order valence-electron chi connectivity index (χ2n) is 10.8. The molecule has 3 atom stereocenters. The quantitative estimate of drug-likeness (QED) is 0.245. The van der Waals surface area contributed by atoms with Gasteiger partial charge in [0.2, 0.25) is 5.91 Å². The summed E-state index contributed by atoms with van der Waals surface area (Å²) in [6, 6.07) is 7.62. The number of hydrogen-bond acceptors (Lipinski definition) is 7. The number of halogens is 2. The van der Waals surface area contributed by atoms with Crippen molar-refractivity contribution in [2.75, 3.05) is 30.3 Å². The van der Waals surface area contributed by atoms with Crippen molar-refractivity contribution in [3.05, 3.63) is 76.8 Å². The highest BCUT2D eigenvalue weighted by atomic mass is 35.5. The molecule has 3 aromatic rings. The number of anilines is 3. The Labute approximate surface area is 249 Å². The first kappa shape index (κ1) is 29.3. The Morgan fingerprint density at radius 3 is 2.71 bits per heavy atom. The monoisotopic (exact) mass is 592 g/mol. The van der Waals surface area contributed by atoms with Gasteiger partial charge in [0.25, 0.3) is 0 Å². The van der Waals surface area contributed by atoms with E-state index in [0.717, 1.165) is 0 Å². The topological polar surface area (TPSA) is 125 Å². The van der Waals surface area contributed by atoms with E-state index in [1.54, 1.807) is 42.3 Å². The maximum absolute atomic E-state index is 16.9. The zero-order chi connectivity index (χ0) is 30.3. The average Bonchev–Trinajstić information content (AvgIpc) is 2.95. The number of para-hydroxylation sites is 1. The molecule has 2 aliphatic heterocycles. The summed E-state index contributed by atoms with van der Waals surface area (Å²) >= 11 is 6.94. The molecule has 9 nitrogen and oxygen atoms in total. The molecular formula is C31H34ClFN6O3. The van der Waals surface area contributed by atoms with E-state index >= 15 is 4.39 Å². The number of phenolic OH excluding ortho intramolecular Hbond substituents is 1. The van der Waals surface area contributed by atoms with Crippen molar-refractivity contribution in [2.24, 2.45) is 0 Å². The summed E-state index contributed by atoms with van der Waals surface area (Å²) in [5.41, 5.74) is 2.11. The third-order valence-electron chi connectivity index (χ3n) is 7.93. The molecule has 5 rings (SSSR count). The summed E-state index contributed by atoms with van der Waals surface area (Å²) in [6.07, 6.45) is 2.49. The maximum Gasteiger partial charge on any atom is 0.246 e. The first-order chi connectivity index (χ1) is 20.0. The molecule has 1 saturated heterocycles. The van der Waals surface area contributed by atoms with Crippen LogP contribution in [0.2, 0.25) is 5.02 Å². The molecule has 42 heavy (non-hydrogen) atoms. The minimum absolute atomic E-state index is 0.0250. The van der Waals surface area contributed by atoms with Gasteiger partial charge in [-0.3, -0.25) is 15.2 Å². The molecule has 0 saturated carbocycles. The zero-order valence-electron chi connectivity index (χ0n) is 23.7. The first-order valence-electron chi connectivity index (χ1n) is 13.8. The van der Waals surface area contributed by atoms with Gasteiger partial charge in [-0.2, -0.15) is 0 Å². The van der Waals surface area contributed by atoms with Crippen LogP contribution in [0.1, 0.15) is 43.2 Å². The van der Waals surface area contributed by atoms with Crippen LogP contribution in [0.5, 0.6) is 5.75 Å². The number of carbonyl (C=O) groups is 1. The number of aromatic nitrogens is 1. The number of nitrogens with one attached hydrogen (secondary N) is 3. The van der Waals surface area contributed by atoms with Crippen LogP contribution in [0.4, 0.5) is 21.5 Å². The summed E-state index contributed by atoms with van der Waals surface area (Å²) < 4.78 is 16.9. The lowest BCUT2D eigenvalue weighted by molar-refractivity contribution is -0.129. The van der Waals surface area contributed by atoms with Gasteiger partial charge in [-0.1, -0.05) is 36.4 Å². The average molecular weight is 593 g/mol. The van der Waals surface area contributed by atoms with E-state index in [4.69, 9.17) is 11.6 Å². The van der Waals surface area contributed by atoms with Crippen LogP contribution >= 0.6 is 11.6 Å². The minimum atomic E-state index is -0.959. The van der Waals surface area contributed by atoms with Crippen LogP contribution < -0.4 is 10.6 Å². The molecule has 3 heterocycles. The maximum atomic E-state index is 16.9. The molecular weight excluding hydrogens is 559 g/mol. The zero-order valence-corrected chi connectivity index (χ0v) is 24.5. The Hall–Kier alpha value is -4.15. The first-order valence-corrected chi connectivity index (χ1v) is 14.2. The van der Waals surface area contributed by atoms with Crippen LogP contribution in [0, 0.1) is 18.2 Å². The number of nitrogens with zero attached hydrogens (tertiary/aromatic N) is 3. The second kappa shape index (κ2) is 11.6. The highest BCUT2D eigenvalue weighted by molar-refractivity contribution is 6.37. The number of amidine groups is 1. The summed E-state index contributed by atoms with van der Waals surface area (Å²) in [7, 11) is 0. The van der Waals surface area contributed by atoms with Gasteiger partial charge in [-0.05, 0) is 51.0 Å². The molecule has 1 fully saturated rings. The Morgan fingerprint density at radius 1 is 1.29 bits per heavy atom. The Morgan fingerprint density at radius 2 is 2.02 bits per heavy atom. The molecule has 1 aromatic heterocycles. The van der Waals surface area contributed by atoms with Crippen molar-refractivity contribution in [3.63, 3.8) is 0 Å². The van der Waals surface area contributed by atoms with Crippen molar-refractivity contribution >= 4 is 40.4 Å². The van der Waals surface area contributed by atoms with Gasteiger partial charge < -0.3 is 30.6 Å². The number of aryl methyl sites for hydroxylation is 1. The van der Waals surface area contributed by atoms with Gasteiger partial charge in [-0.25, -0.2) is 4.39 Å². The van der Waals surface area contributed by atoms with E-state index in [1.165, 1.54) is 12.1 Å². The van der Waals surface area contributed by atoms with Crippen LogP contribution in [0.15, 0.2) is 49.2 Å². The normalized spacial score (nSPS) is 19.1. The van der Waals surface area contributed by atoms with Crippen molar-refractivity contribution < 1.29 is 19.4 Å². The van der Waals surface area contributed by atoms with Crippen LogP contribution in [-0.2, 0) is 4.79 Å². The van der Waals surface area contributed by atoms with Crippen LogP contribution in [0.3, 0.4) is 0 Å². The molecule has 2 aliphatic rings. The van der Waals surface area contributed by atoms with Gasteiger partial charge in [-0.15, -0.1) is 0 Å². The SMILES string of the molecule is C=CC(=O)N1CC(C)N2C(=N)c3c(Nc4c(C)ccnc4C(C)O)c(F)c(-c4ccccc4O)c(Cl)c3NCCC2C1. The lowest BCUT2D eigenvalue weighted by Crippen LogP contribution is -2.61. The van der Waals surface area contributed by atoms with E-state index in [1.807, 2.05) is 18.7 Å². The number of amides is 1. The lowest BCUT2D eigenvalue weighted by atomic mass is 9.93. The highest BCUT2D eigenvalue weighted by Crippen LogP contribution is 2.48. The van der Waals surface area contributed by atoms with Crippen molar-refractivity contribution in [3.8, 4) is 16.9 Å². The van der Waals surface area contributed by atoms with Gasteiger partial charge >= 0.3 is 0 Å². The number of hydrogen-bond donors (Lipinski definition) is 5. The smallest absolute Gasteiger partial charge is 0.246 e. The van der Waals surface area contributed by atoms with E-state index in [-0.39, 0.29) is 57.0 Å². The third-order valence-corrected chi connectivity index (χ3v) is 8.31. The predicted molar refractivity (Wildman–Crippen MR) is 163 cm³/mol. The van der Waals surface area contributed by atoms with E-state index < -0.39 is 11.9 Å². The van der Waals surface area contributed by atoms with Gasteiger partial charge in [0.15, 0.2) is 5.82 Å². The van der Waals surface area contributed by atoms with Gasteiger partial charge in [0.1, 0.15) is 11.6 Å². The number of rotatable bonds is 5. The second-order valence-corrected chi connectivity index (χ2v) is 11.1. The standard InChI is InChI=1S/C31H34ClFN6O3/c1-5-22(42)38-14-17(3)39-19(15-38)11-13-36-29-24(31(39)34)30(37-27-16(2)10-12-35-28(27)18(4)40)26(33)23(25(29)32)20-8-6-7-9-21(20)41/h5-10,12,17-19,34,36-37,40-41H,1,11,13-15H2,2-4H3. The molecule has 220 valence electrons. The lowest BCUT2D eigenvalue weighted by Gasteiger charge is -2.48. The fraction of sp³-hybridized carbons (Fsp3) is 0.323. The molecule has 5 N–H and O–H groups in total. The molecule has 2 aromatic carbocycles. The fourth-order valence-electron chi connectivity index (χ4n) is 5.94. The van der Waals surface area contributed by atoms with Crippen LogP contribution in [0.25, 0.3) is 11.1 Å². The van der Waals surface area contributed by atoms with Crippen molar-refractivity contribution in [1.29, 1.82) is 5.41 Å². The molecule has 11 heteroatoms. The summed E-state index contributed by atoms with van der Waals surface area (Å²) in [4.78, 5) is 20.4. The Kier molecular flexibility index (Phi) is 8.12. The van der Waals surface area contributed by atoms with Gasteiger partial charge in [0.05, 0.1) is 45.5 Å². The number of fused-ring (bicyclic) bond motifs is 2. The van der Waals surface area contributed by atoms with Crippen LogP contribution in [-0.4, -0.2) is 68.5 Å². The third kappa shape index (κ3) is 5.05. The van der Waals surface area contributed by atoms with E-state index in [0.29, 0.717) is 48.7 Å². The molecule has 0 spiro atoms. The Bertz CT molecular complexity index is 1580. The number of benzene rings is 2. The molecule has 3 unspecified atom stereocenters. The predicted octanol–water partition coefficient (Wildman–Crippen LogP) is 5.58. The number of aliphatic hydroxyl groups excluding tert-OH is 1. The number of phenols is 1. The Balaban J connectivity index is 1.76. The van der Waals surface area contributed by atoms with Crippen molar-refractivity contribution in [2.45, 2.75) is 45.4 Å². The van der Waals surface area contributed by atoms with E-state index in [9.17, 15) is 20.4 Å². The molecule has 0 aliphatic carbocycles. The fourth-order valence-corrected chi connectivity index (χ4v) is 6.28. The number of aromatic hydroxyl groups is 1. The van der Waals surface area contributed by atoms with Crippen molar-refractivity contribution in [1.82, 2.24) is 14.8 Å². The number of piperazine rings is 1. The number of pyridine rings is 1. The highest BCUT2D eigenvalue weighted by Gasteiger charge is 2.39. The summed E-state index contributed by atoms with van der Waals surface area (Å²) in [6.45, 7) is 10.1. The molecule has 0 bridgehead atoms. The molecule has 0 radical (unpaired) electrons. The van der Waals surface area contributed by atoms with Gasteiger partial charge in [0, 0.05) is 43.0 Å². The largest absolute Gasteiger partial charge is 0.507 e.